The molecule has 0 aliphatic carbocycles. The number of imidazole rings is 1. The smallest absolute Gasteiger partial charge is 0.204 e. The third-order valence-electron chi connectivity index (χ3n) is 3.23. The van der Waals surface area contributed by atoms with Crippen LogP contribution in [0.15, 0.2) is 24.5 Å². The largest absolute Gasteiger partial charge is 0.493 e. The van der Waals surface area contributed by atoms with E-state index in [4.69, 9.17) is 20.6 Å². The molecule has 0 bridgehead atoms. The Hall–Kier alpha value is -3.27. The van der Waals surface area contributed by atoms with Crippen LogP contribution in [0.3, 0.4) is 0 Å². The van der Waals surface area contributed by atoms with Crippen LogP contribution in [0.2, 0.25) is 0 Å². The molecular weight excluding hydrogens is 296 g/mol. The van der Waals surface area contributed by atoms with Crippen molar-refractivity contribution in [3.63, 3.8) is 0 Å². The van der Waals surface area contributed by atoms with Crippen molar-refractivity contribution < 1.29 is 14.2 Å². The molecular formula is C16H14N4O3. The molecule has 7 heteroatoms. The van der Waals surface area contributed by atoms with Gasteiger partial charge in [-0.15, -0.1) is 6.42 Å². The van der Waals surface area contributed by atoms with Crippen LogP contribution in [0.5, 0.6) is 17.2 Å². The summed E-state index contributed by atoms with van der Waals surface area (Å²) in [7, 11) is 3.10. The summed E-state index contributed by atoms with van der Waals surface area (Å²) in [6.07, 6.45) is 8.45. The van der Waals surface area contributed by atoms with Crippen LogP contribution in [0.1, 0.15) is 0 Å². The van der Waals surface area contributed by atoms with Crippen molar-refractivity contribution in [3.05, 3.63) is 24.5 Å². The van der Waals surface area contributed by atoms with Crippen LogP contribution in [-0.2, 0) is 0 Å². The van der Waals surface area contributed by atoms with Crippen LogP contribution in [-0.4, -0.2) is 41.0 Å². The highest BCUT2D eigenvalue weighted by Crippen LogP contribution is 2.41. The Bertz CT molecular complexity index is 824. The number of benzene rings is 1. The van der Waals surface area contributed by atoms with Gasteiger partial charge in [0.25, 0.3) is 0 Å². The van der Waals surface area contributed by atoms with Gasteiger partial charge in [-0.05, 0) is 12.1 Å². The molecule has 0 atom stereocenters. The van der Waals surface area contributed by atoms with E-state index >= 15 is 0 Å². The summed E-state index contributed by atoms with van der Waals surface area (Å²) in [4.78, 5) is 7.66. The monoisotopic (exact) mass is 310 g/mol. The number of H-pyrrole nitrogens is 1. The van der Waals surface area contributed by atoms with Gasteiger partial charge in [0.15, 0.2) is 11.5 Å². The Morgan fingerprint density at radius 2 is 1.83 bits per heavy atom. The molecule has 0 aliphatic rings. The second-order valence-corrected chi connectivity index (χ2v) is 4.58. The average molecular weight is 310 g/mol. The first-order valence-electron chi connectivity index (χ1n) is 6.76. The maximum Gasteiger partial charge on any atom is 0.204 e. The number of fused-ring (bicyclic) bond motifs is 1. The average Bonchev–Trinajstić information content (AvgIpc) is 3.03. The minimum absolute atomic E-state index is 0.119. The lowest BCUT2D eigenvalue weighted by Crippen LogP contribution is -2.00. The van der Waals surface area contributed by atoms with Gasteiger partial charge in [-0.1, -0.05) is 5.92 Å². The van der Waals surface area contributed by atoms with Crippen molar-refractivity contribution in [1.29, 1.82) is 0 Å². The predicted molar refractivity (Wildman–Crippen MR) is 84.6 cm³/mol. The van der Waals surface area contributed by atoms with Crippen molar-refractivity contribution in [2.75, 3.05) is 20.8 Å². The Balaban J connectivity index is 2.10. The van der Waals surface area contributed by atoms with Crippen molar-refractivity contribution in [2.24, 2.45) is 0 Å². The summed E-state index contributed by atoms with van der Waals surface area (Å²) in [6, 6.07) is 3.60. The van der Waals surface area contributed by atoms with E-state index in [0.29, 0.717) is 23.1 Å². The third kappa shape index (κ3) is 2.74. The molecule has 3 aromatic rings. The SMILES string of the molecule is C#CCOc1c(OC)cc(-c2nc3cnncc3[nH]2)cc1OC. The fourth-order valence-electron chi connectivity index (χ4n) is 2.19. The molecule has 7 nitrogen and oxygen atoms in total. The van der Waals surface area contributed by atoms with Crippen LogP contribution < -0.4 is 14.2 Å². The highest BCUT2D eigenvalue weighted by Gasteiger charge is 2.16. The van der Waals surface area contributed by atoms with E-state index in [1.165, 1.54) is 0 Å². The number of ether oxygens (including phenoxy) is 3. The van der Waals surface area contributed by atoms with Gasteiger partial charge in [0.2, 0.25) is 5.75 Å². The van der Waals surface area contributed by atoms with Crippen molar-refractivity contribution in [3.8, 4) is 41.0 Å². The summed E-state index contributed by atoms with van der Waals surface area (Å²) in [5, 5.41) is 7.64. The minimum atomic E-state index is 0.119. The lowest BCUT2D eigenvalue weighted by atomic mass is 10.1. The van der Waals surface area contributed by atoms with Gasteiger partial charge in [-0.3, -0.25) is 0 Å². The first-order chi connectivity index (χ1) is 11.3. The number of terminal acetylenes is 1. The Morgan fingerprint density at radius 3 is 2.43 bits per heavy atom. The van der Waals surface area contributed by atoms with E-state index in [1.807, 2.05) is 0 Å². The van der Waals surface area contributed by atoms with Crippen LogP contribution in [0, 0.1) is 12.3 Å². The zero-order chi connectivity index (χ0) is 16.2. The summed E-state index contributed by atoms with van der Waals surface area (Å²) in [5.74, 6) is 4.53. The van der Waals surface area contributed by atoms with Gasteiger partial charge in [0, 0.05) is 5.56 Å². The second kappa shape index (κ2) is 6.23. The van der Waals surface area contributed by atoms with E-state index in [9.17, 15) is 0 Å². The van der Waals surface area contributed by atoms with Crippen molar-refractivity contribution >= 4 is 11.0 Å². The molecule has 0 radical (unpaired) electrons. The molecule has 0 spiro atoms. The van der Waals surface area contributed by atoms with E-state index in [-0.39, 0.29) is 6.61 Å². The Labute approximate surface area is 132 Å². The maximum atomic E-state index is 5.51. The summed E-state index contributed by atoms with van der Waals surface area (Å²) < 4.78 is 16.3. The number of methoxy groups -OCH3 is 2. The number of hydrogen-bond acceptors (Lipinski definition) is 6. The fourth-order valence-corrected chi connectivity index (χ4v) is 2.19. The molecule has 0 aliphatic heterocycles. The molecule has 1 N–H and O–H groups in total. The van der Waals surface area contributed by atoms with Gasteiger partial charge in [-0.2, -0.15) is 10.2 Å². The molecule has 1 aromatic carbocycles. The number of hydrogen-bond donors (Lipinski definition) is 1. The quantitative estimate of drug-likeness (QED) is 0.726. The van der Waals surface area contributed by atoms with Crippen LogP contribution >= 0.6 is 0 Å². The molecule has 2 heterocycles. The molecule has 0 unspecified atom stereocenters. The Morgan fingerprint density at radius 1 is 1.13 bits per heavy atom. The van der Waals surface area contributed by atoms with Crippen molar-refractivity contribution in [1.82, 2.24) is 20.2 Å². The Kier molecular flexibility index (Phi) is 3.97. The molecule has 3 rings (SSSR count). The summed E-state index contributed by atoms with van der Waals surface area (Å²) in [5.41, 5.74) is 2.30. The molecule has 0 saturated heterocycles. The molecule has 116 valence electrons. The predicted octanol–water partition coefficient (Wildman–Crippen LogP) is 2.05. The van der Waals surface area contributed by atoms with Gasteiger partial charge >= 0.3 is 0 Å². The first-order valence-corrected chi connectivity index (χ1v) is 6.76. The van der Waals surface area contributed by atoms with Crippen LogP contribution in [0.4, 0.5) is 0 Å². The van der Waals surface area contributed by atoms with E-state index in [2.05, 4.69) is 26.1 Å². The lowest BCUT2D eigenvalue weighted by molar-refractivity contribution is 0.305. The van der Waals surface area contributed by atoms with Crippen LogP contribution in [0.25, 0.3) is 22.4 Å². The number of aromatic amines is 1. The molecule has 23 heavy (non-hydrogen) atoms. The standard InChI is InChI=1S/C16H14N4O3/c1-4-5-23-15-13(21-2)6-10(7-14(15)22-3)16-19-11-8-17-18-9-12(11)20-16/h1,6-9H,5H2,2-3H3,(H,19,20). The van der Waals surface area contributed by atoms with Gasteiger partial charge in [0.1, 0.15) is 17.9 Å². The minimum Gasteiger partial charge on any atom is -0.493 e. The molecule has 0 saturated carbocycles. The van der Waals surface area contributed by atoms with Crippen molar-refractivity contribution in [2.45, 2.75) is 0 Å². The van der Waals surface area contributed by atoms with Gasteiger partial charge < -0.3 is 19.2 Å². The summed E-state index contributed by atoms with van der Waals surface area (Å²) >= 11 is 0. The fraction of sp³-hybridized carbons (Fsp3) is 0.188. The number of rotatable bonds is 5. The number of aromatic nitrogens is 4. The molecule has 0 fully saturated rings. The van der Waals surface area contributed by atoms with Gasteiger partial charge in [-0.25, -0.2) is 4.98 Å². The van der Waals surface area contributed by atoms with Gasteiger partial charge in [0.05, 0.1) is 32.1 Å². The first kappa shape index (κ1) is 14.7. The topological polar surface area (TPSA) is 82.2 Å². The highest BCUT2D eigenvalue weighted by molar-refractivity contribution is 5.78. The third-order valence-corrected chi connectivity index (χ3v) is 3.23. The highest BCUT2D eigenvalue weighted by atomic mass is 16.5. The second-order valence-electron chi connectivity index (χ2n) is 4.58. The van der Waals surface area contributed by atoms with E-state index in [0.717, 1.165) is 16.6 Å². The zero-order valence-corrected chi connectivity index (χ0v) is 12.7. The number of nitrogens with one attached hydrogen (secondary N) is 1. The molecule has 2 aromatic heterocycles. The summed E-state index contributed by atoms with van der Waals surface area (Å²) in [6.45, 7) is 0.119. The normalized spacial score (nSPS) is 10.3. The van der Waals surface area contributed by atoms with E-state index < -0.39 is 0 Å². The maximum absolute atomic E-state index is 5.51. The molecule has 0 amide bonds. The van der Waals surface area contributed by atoms with E-state index in [1.54, 1.807) is 38.7 Å². The lowest BCUT2D eigenvalue weighted by Gasteiger charge is -2.14. The number of nitrogens with zero attached hydrogens (tertiary/aromatic N) is 3. The zero-order valence-electron chi connectivity index (χ0n) is 12.7.